The van der Waals surface area contributed by atoms with Crippen molar-refractivity contribution >= 4 is 35.6 Å². The number of amides is 4. The van der Waals surface area contributed by atoms with E-state index in [0.29, 0.717) is 19.4 Å². The highest BCUT2D eigenvalue weighted by molar-refractivity contribution is 5.95. The first-order chi connectivity index (χ1) is 15.9. The molecule has 0 aromatic heterocycles. The lowest BCUT2D eigenvalue weighted by Crippen LogP contribution is -2.56. The molecule has 12 heteroatoms. The summed E-state index contributed by atoms with van der Waals surface area (Å²) < 4.78 is 9.21. The predicted octanol–water partition coefficient (Wildman–Crippen LogP) is -0.746. The highest BCUT2D eigenvalue weighted by atomic mass is 16.5. The molecule has 1 aliphatic rings. The van der Waals surface area contributed by atoms with Gasteiger partial charge in [0, 0.05) is 13.0 Å². The number of methoxy groups -OCH3 is 2. The van der Waals surface area contributed by atoms with Crippen LogP contribution in [0.3, 0.4) is 0 Å². The van der Waals surface area contributed by atoms with Gasteiger partial charge in [-0.1, -0.05) is 13.8 Å². The summed E-state index contributed by atoms with van der Waals surface area (Å²) in [5.41, 5.74) is 0. The van der Waals surface area contributed by atoms with Crippen LogP contribution >= 0.6 is 0 Å². The number of likely N-dealkylation sites (tertiary alicyclic amines) is 1. The third kappa shape index (κ3) is 8.31. The van der Waals surface area contributed by atoms with Crippen molar-refractivity contribution in [2.75, 3.05) is 20.8 Å². The summed E-state index contributed by atoms with van der Waals surface area (Å²) in [6.07, 6.45) is 0.780. The fourth-order valence-corrected chi connectivity index (χ4v) is 3.52. The van der Waals surface area contributed by atoms with E-state index in [9.17, 15) is 28.8 Å². The Morgan fingerprint density at radius 2 is 1.53 bits per heavy atom. The Morgan fingerprint density at radius 1 is 0.882 bits per heavy atom. The van der Waals surface area contributed by atoms with E-state index in [0.717, 1.165) is 0 Å². The minimum Gasteiger partial charge on any atom is -0.469 e. The van der Waals surface area contributed by atoms with Gasteiger partial charge in [-0.3, -0.25) is 24.0 Å². The van der Waals surface area contributed by atoms with Crippen molar-refractivity contribution in [3.8, 4) is 0 Å². The molecule has 0 bridgehead atoms. The topological polar surface area (TPSA) is 160 Å². The molecule has 1 rings (SSSR count). The first kappa shape index (κ1) is 28.9. The summed E-state index contributed by atoms with van der Waals surface area (Å²) in [6, 6.07) is -3.49. The summed E-state index contributed by atoms with van der Waals surface area (Å²) in [4.78, 5) is 74.6. The molecule has 1 heterocycles. The Kier molecular flexibility index (Phi) is 11.5. The molecule has 0 spiro atoms. The third-order valence-corrected chi connectivity index (χ3v) is 5.54. The molecule has 12 nitrogen and oxygen atoms in total. The van der Waals surface area contributed by atoms with E-state index in [1.807, 2.05) is 0 Å². The first-order valence-electron chi connectivity index (χ1n) is 11.3. The maximum absolute atomic E-state index is 13.0. The maximum atomic E-state index is 13.0. The molecule has 192 valence electrons. The SMILES string of the molecule is COC(=O)CCC(=O)N[C@@H](C)C(=O)N[C@@H](C)C(=O)N1CCC[C@H]1C(=O)N[C@H](C(=O)OC)C(C)C. The number of carbonyl (C=O) groups is 6. The second-order valence-electron chi connectivity index (χ2n) is 8.54. The second kappa shape index (κ2) is 13.5. The molecular formula is C22H36N4O8. The van der Waals surface area contributed by atoms with Gasteiger partial charge in [-0.15, -0.1) is 0 Å². The van der Waals surface area contributed by atoms with Crippen molar-refractivity contribution in [1.82, 2.24) is 20.9 Å². The fraction of sp³-hybridized carbons (Fsp3) is 0.727. The lowest BCUT2D eigenvalue weighted by Gasteiger charge is -2.29. The predicted molar refractivity (Wildman–Crippen MR) is 120 cm³/mol. The van der Waals surface area contributed by atoms with E-state index in [-0.39, 0.29) is 18.8 Å². The van der Waals surface area contributed by atoms with Crippen LogP contribution in [0.15, 0.2) is 0 Å². The van der Waals surface area contributed by atoms with Gasteiger partial charge >= 0.3 is 11.9 Å². The van der Waals surface area contributed by atoms with E-state index < -0.39 is 59.7 Å². The van der Waals surface area contributed by atoms with E-state index >= 15 is 0 Å². The number of rotatable bonds is 11. The third-order valence-electron chi connectivity index (χ3n) is 5.54. The van der Waals surface area contributed by atoms with Gasteiger partial charge in [0.25, 0.3) is 0 Å². The van der Waals surface area contributed by atoms with Crippen LogP contribution in [-0.4, -0.2) is 85.4 Å². The maximum Gasteiger partial charge on any atom is 0.328 e. The molecule has 1 aliphatic heterocycles. The van der Waals surface area contributed by atoms with Gasteiger partial charge in [0.05, 0.1) is 20.6 Å². The Labute approximate surface area is 199 Å². The van der Waals surface area contributed by atoms with Crippen LogP contribution in [0, 0.1) is 5.92 Å². The number of hydrogen-bond acceptors (Lipinski definition) is 8. The van der Waals surface area contributed by atoms with Gasteiger partial charge in [0.2, 0.25) is 23.6 Å². The largest absolute Gasteiger partial charge is 0.469 e. The summed E-state index contributed by atoms with van der Waals surface area (Å²) in [7, 11) is 2.45. The average molecular weight is 485 g/mol. The van der Waals surface area contributed by atoms with Crippen LogP contribution in [0.25, 0.3) is 0 Å². The molecule has 3 N–H and O–H groups in total. The second-order valence-corrected chi connectivity index (χ2v) is 8.54. The summed E-state index contributed by atoms with van der Waals surface area (Å²) in [5.74, 6) is -3.31. The quantitative estimate of drug-likeness (QED) is 0.323. The Balaban J connectivity index is 2.68. The average Bonchev–Trinajstić information content (AvgIpc) is 3.29. The van der Waals surface area contributed by atoms with E-state index in [1.165, 1.54) is 33.0 Å². The highest BCUT2D eigenvalue weighted by Crippen LogP contribution is 2.19. The standard InChI is InChI=1S/C22H36N4O8/c1-12(2)18(22(32)34-6)25-20(30)15-8-7-11-26(15)21(31)14(4)24-19(29)13(3)23-16(27)9-10-17(28)33-5/h12-15,18H,7-11H2,1-6H3,(H,23,27)(H,24,29)(H,25,30)/t13-,14-,15-,18-/m0/s1. The lowest BCUT2D eigenvalue weighted by atomic mass is 10.0. The number of nitrogens with zero attached hydrogens (tertiary/aromatic N) is 1. The van der Waals surface area contributed by atoms with Crippen molar-refractivity contribution in [3.05, 3.63) is 0 Å². The molecule has 0 aromatic rings. The lowest BCUT2D eigenvalue weighted by molar-refractivity contribution is -0.148. The van der Waals surface area contributed by atoms with Gasteiger partial charge in [-0.25, -0.2) is 4.79 Å². The molecule has 34 heavy (non-hydrogen) atoms. The van der Waals surface area contributed by atoms with Crippen LogP contribution in [0.2, 0.25) is 0 Å². The fourth-order valence-electron chi connectivity index (χ4n) is 3.52. The van der Waals surface area contributed by atoms with Crippen LogP contribution in [-0.2, 0) is 38.2 Å². The molecule has 0 radical (unpaired) electrons. The Hall–Kier alpha value is -3.18. The molecule has 4 amide bonds. The molecule has 0 aromatic carbocycles. The van der Waals surface area contributed by atoms with Gasteiger partial charge in [-0.05, 0) is 32.6 Å². The van der Waals surface area contributed by atoms with Crippen LogP contribution in [0.1, 0.15) is 53.4 Å². The molecule has 0 saturated carbocycles. The van der Waals surface area contributed by atoms with Crippen molar-refractivity contribution in [3.63, 3.8) is 0 Å². The zero-order valence-corrected chi connectivity index (χ0v) is 20.6. The summed E-state index contributed by atoms with van der Waals surface area (Å²) in [5, 5.41) is 7.66. The first-order valence-corrected chi connectivity index (χ1v) is 11.3. The van der Waals surface area contributed by atoms with Crippen LogP contribution in [0.4, 0.5) is 0 Å². The monoisotopic (exact) mass is 484 g/mol. The van der Waals surface area contributed by atoms with Crippen molar-refractivity contribution in [2.45, 2.75) is 77.5 Å². The zero-order valence-electron chi connectivity index (χ0n) is 20.6. The molecular weight excluding hydrogens is 448 g/mol. The van der Waals surface area contributed by atoms with Crippen molar-refractivity contribution < 1.29 is 38.2 Å². The molecule has 1 fully saturated rings. The number of carbonyl (C=O) groups excluding carboxylic acids is 6. The molecule has 0 aliphatic carbocycles. The van der Waals surface area contributed by atoms with Gasteiger partial charge in [0.1, 0.15) is 24.2 Å². The van der Waals surface area contributed by atoms with Crippen LogP contribution < -0.4 is 16.0 Å². The van der Waals surface area contributed by atoms with Gasteiger partial charge in [0.15, 0.2) is 0 Å². The molecule has 0 unspecified atom stereocenters. The van der Waals surface area contributed by atoms with Gasteiger partial charge in [-0.2, -0.15) is 0 Å². The minimum absolute atomic E-state index is 0.113. The van der Waals surface area contributed by atoms with E-state index in [2.05, 4.69) is 20.7 Å². The Bertz CT molecular complexity index is 785. The summed E-state index contributed by atoms with van der Waals surface area (Å²) >= 11 is 0. The number of esters is 2. The number of ether oxygens (including phenoxy) is 2. The minimum atomic E-state index is -0.947. The van der Waals surface area contributed by atoms with Crippen molar-refractivity contribution in [1.29, 1.82) is 0 Å². The highest BCUT2D eigenvalue weighted by Gasteiger charge is 2.38. The normalized spacial score (nSPS) is 17.9. The van der Waals surface area contributed by atoms with E-state index in [4.69, 9.17) is 4.74 Å². The van der Waals surface area contributed by atoms with E-state index in [1.54, 1.807) is 13.8 Å². The zero-order chi connectivity index (χ0) is 26.0. The molecule has 1 saturated heterocycles. The van der Waals surface area contributed by atoms with Gasteiger partial charge < -0.3 is 30.3 Å². The summed E-state index contributed by atoms with van der Waals surface area (Å²) in [6.45, 7) is 6.82. The number of hydrogen-bond donors (Lipinski definition) is 3. The van der Waals surface area contributed by atoms with Crippen LogP contribution in [0.5, 0.6) is 0 Å². The number of nitrogens with one attached hydrogen (secondary N) is 3. The smallest absolute Gasteiger partial charge is 0.328 e. The van der Waals surface area contributed by atoms with Crippen molar-refractivity contribution in [2.24, 2.45) is 5.92 Å². The molecule has 4 atom stereocenters. The Morgan fingerprint density at radius 3 is 2.09 bits per heavy atom.